The first-order chi connectivity index (χ1) is 12.8. The van der Waals surface area contributed by atoms with E-state index in [1.807, 2.05) is 12.1 Å². The molecule has 0 unspecified atom stereocenters. The smallest absolute Gasteiger partial charge is 0.278 e. The Balaban J connectivity index is 1.83. The SMILES string of the molecule is Cn1c(=O)c2ccccc2n2nc(-c3ccnc(OCC(C)(F)F)c3)cc12. The summed E-state index contributed by atoms with van der Waals surface area (Å²) in [5, 5.41) is 5.15. The summed E-state index contributed by atoms with van der Waals surface area (Å²) in [6, 6.07) is 12.2. The van der Waals surface area contributed by atoms with E-state index in [0.717, 1.165) is 6.92 Å². The van der Waals surface area contributed by atoms with Crippen molar-refractivity contribution in [3.05, 3.63) is 59.0 Å². The molecule has 0 spiro atoms. The number of nitrogens with zero attached hydrogens (tertiary/aromatic N) is 4. The Labute approximate surface area is 152 Å². The Bertz CT molecular complexity index is 1210. The zero-order valence-corrected chi connectivity index (χ0v) is 14.7. The average molecular weight is 370 g/mol. The fourth-order valence-electron chi connectivity index (χ4n) is 2.90. The van der Waals surface area contributed by atoms with E-state index >= 15 is 0 Å². The van der Waals surface area contributed by atoms with Gasteiger partial charge in [0.2, 0.25) is 5.88 Å². The number of alkyl halides is 2. The first-order valence-electron chi connectivity index (χ1n) is 8.28. The molecule has 0 fully saturated rings. The number of rotatable bonds is 4. The van der Waals surface area contributed by atoms with Crippen LogP contribution in [0, 0.1) is 0 Å². The first kappa shape index (κ1) is 17.1. The number of halogens is 2. The predicted molar refractivity (Wildman–Crippen MR) is 97.3 cm³/mol. The summed E-state index contributed by atoms with van der Waals surface area (Å²) in [6.07, 6.45) is 1.47. The zero-order chi connectivity index (χ0) is 19.2. The lowest BCUT2D eigenvalue weighted by atomic mass is 10.2. The Morgan fingerprint density at radius 3 is 2.74 bits per heavy atom. The number of aromatic nitrogens is 4. The molecule has 6 nitrogen and oxygen atoms in total. The van der Waals surface area contributed by atoms with Crippen molar-refractivity contribution in [2.45, 2.75) is 12.8 Å². The van der Waals surface area contributed by atoms with Crippen molar-refractivity contribution in [3.63, 3.8) is 0 Å². The number of hydrogen-bond donors (Lipinski definition) is 0. The maximum atomic E-state index is 13.0. The topological polar surface area (TPSA) is 61.4 Å². The number of benzene rings is 1. The van der Waals surface area contributed by atoms with Crippen LogP contribution in [0.5, 0.6) is 5.88 Å². The highest BCUT2D eigenvalue weighted by molar-refractivity contribution is 5.81. The molecule has 0 atom stereocenters. The van der Waals surface area contributed by atoms with Crippen molar-refractivity contribution < 1.29 is 13.5 Å². The Hall–Kier alpha value is -3.29. The van der Waals surface area contributed by atoms with E-state index < -0.39 is 12.5 Å². The number of ether oxygens (including phenoxy) is 1. The molecule has 3 heterocycles. The van der Waals surface area contributed by atoms with Gasteiger partial charge in [0, 0.05) is 37.9 Å². The molecule has 0 aliphatic carbocycles. The van der Waals surface area contributed by atoms with Gasteiger partial charge in [-0.3, -0.25) is 9.36 Å². The molecule has 0 radical (unpaired) electrons. The fourth-order valence-corrected chi connectivity index (χ4v) is 2.90. The quantitative estimate of drug-likeness (QED) is 0.553. The highest BCUT2D eigenvalue weighted by Crippen LogP contribution is 2.24. The molecule has 1 aromatic carbocycles. The van der Waals surface area contributed by atoms with E-state index in [1.165, 1.54) is 10.8 Å². The molecular weight excluding hydrogens is 354 g/mol. The van der Waals surface area contributed by atoms with Gasteiger partial charge in [-0.1, -0.05) is 12.1 Å². The molecule has 0 aliphatic heterocycles. The largest absolute Gasteiger partial charge is 0.471 e. The molecule has 0 N–H and O–H groups in total. The van der Waals surface area contributed by atoms with Crippen molar-refractivity contribution in [3.8, 4) is 17.1 Å². The second-order valence-electron chi connectivity index (χ2n) is 6.42. The van der Waals surface area contributed by atoms with Crippen molar-refractivity contribution >= 4 is 16.6 Å². The van der Waals surface area contributed by atoms with E-state index in [2.05, 4.69) is 10.1 Å². The van der Waals surface area contributed by atoms with Gasteiger partial charge in [-0.25, -0.2) is 18.3 Å². The summed E-state index contributed by atoms with van der Waals surface area (Å²) < 4.78 is 34.3. The van der Waals surface area contributed by atoms with Crippen molar-refractivity contribution in [2.24, 2.45) is 7.05 Å². The number of para-hydroxylation sites is 1. The monoisotopic (exact) mass is 370 g/mol. The van der Waals surface area contributed by atoms with Crippen LogP contribution in [0.1, 0.15) is 6.92 Å². The van der Waals surface area contributed by atoms with Gasteiger partial charge >= 0.3 is 0 Å². The zero-order valence-electron chi connectivity index (χ0n) is 14.7. The third-order valence-electron chi connectivity index (χ3n) is 4.21. The van der Waals surface area contributed by atoms with Gasteiger partial charge in [0.15, 0.2) is 6.61 Å². The van der Waals surface area contributed by atoms with E-state index in [0.29, 0.717) is 27.8 Å². The van der Waals surface area contributed by atoms with Gasteiger partial charge < -0.3 is 4.74 Å². The van der Waals surface area contributed by atoms with E-state index in [4.69, 9.17) is 4.74 Å². The summed E-state index contributed by atoms with van der Waals surface area (Å²) in [6.45, 7) is 0.0261. The van der Waals surface area contributed by atoms with Crippen molar-refractivity contribution in [1.82, 2.24) is 19.2 Å². The van der Waals surface area contributed by atoms with Gasteiger partial charge in [0.1, 0.15) is 5.65 Å². The molecule has 0 amide bonds. The van der Waals surface area contributed by atoms with Crippen LogP contribution in [-0.4, -0.2) is 31.7 Å². The lowest BCUT2D eigenvalue weighted by Crippen LogP contribution is -2.21. The van der Waals surface area contributed by atoms with E-state index in [-0.39, 0.29) is 11.4 Å². The lowest BCUT2D eigenvalue weighted by molar-refractivity contribution is -0.0242. The molecular formula is C19H16F2N4O2. The number of pyridine rings is 1. The normalized spacial score (nSPS) is 12.0. The van der Waals surface area contributed by atoms with Crippen LogP contribution in [0.2, 0.25) is 0 Å². The van der Waals surface area contributed by atoms with Crippen LogP contribution in [0.25, 0.3) is 27.8 Å². The standard InChI is InChI=1S/C19H16F2N4O2/c1-19(20,21)11-27-16-9-12(7-8-22-16)14-10-17-24(2)18(26)13-5-3-4-6-15(13)25(17)23-14/h3-10H,11H2,1-2H3. The van der Waals surface area contributed by atoms with Gasteiger partial charge in [0.05, 0.1) is 16.6 Å². The summed E-state index contributed by atoms with van der Waals surface area (Å²) in [5.41, 5.74) is 2.43. The number of aryl methyl sites for hydroxylation is 1. The Morgan fingerprint density at radius 1 is 1.19 bits per heavy atom. The molecule has 138 valence electrons. The van der Waals surface area contributed by atoms with Crippen LogP contribution >= 0.6 is 0 Å². The van der Waals surface area contributed by atoms with Crippen LogP contribution in [0.15, 0.2) is 53.5 Å². The molecule has 0 bridgehead atoms. The van der Waals surface area contributed by atoms with Crippen LogP contribution < -0.4 is 10.3 Å². The second kappa shape index (κ2) is 6.15. The van der Waals surface area contributed by atoms with Crippen molar-refractivity contribution in [1.29, 1.82) is 0 Å². The molecule has 0 saturated carbocycles. The molecule has 0 aliphatic rings. The second-order valence-corrected chi connectivity index (χ2v) is 6.42. The summed E-state index contributed by atoms with van der Waals surface area (Å²) in [7, 11) is 1.68. The number of fused-ring (bicyclic) bond motifs is 3. The minimum Gasteiger partial charge on any atom is -0.471 e. The maximum Gasteiger partial charge on any atom is 0.278 e. The maximum absolute atomic E-state index is 13.0. The van der Waals surface area contributed by atoms with Crippen molar-refractivity contribution in [2.75, 3.05) is 6.61 Å². The molecule has 4 aromatic rings. The summed E-state index contributed by atoms with van der Waals surface area (Å²) >= 11 is 0. The molecule has 0 saturated heterocycles. The summed E-state index contributed by atoms with van der Waals surface area (Å²) in [4.78, 5) is 16.5. The predicted octanol–water partition coefficient (Wildman–Crippen LogP) is 3.28. The third kappa shape index (κ3) is 3.14. The van der Waals surface area contributed by atoms with Crippen LogP contribution in [0.3, 0.4) is 0 Å². The molecule has 8 heteroatoms. The average Bonchev–Trinajstić information content (AvgIpc) is 3.10. The van der Waals surface area contributed by atoms with Gasteiger partial charge in [0.25, 0.3) is 11.5 Å². The van der Waals surface area contributed by atoms with E-state index in [1.54, 1.807) is 41.9 Å². The molecule has 3 aromatic heterocycles. The van der Waals surface area contributed by atoms with Gasteiger partial charge in [-0.05, 0) is 18.2 Å². The van der Waals surface area contributed by atoms with Gasteiger partial charge in [-0.2, -0.15) is 5.10 Å². The molecule has 27 heavy (non-hydrogen) atoms. The first-order valence-corrected chi connectivity index (χ1v) is 8.28. The highest BCUT2D eigenvalue weighted by atomic mass is 19.3. The third-order valence-corrected chi connectivity index (χ3v) is 4.21. The molecule has 4 rings (SSSR count). The minimum absolute atomic E-state index is 0.0878. The Morgan fingerprint density at radius 2 is 1.96 bits per heavy atom. The van der Waals surface area contributed by atoms with E-state index in [9.17, 15) is 13.6 Å². The minimum atomic E-state index is -2.95. The van der Waals surface area contributed by atoms with Crippen LogP contribution in [0.4, 0.5) is 8.78 Å². The fraction of sp³-hybridized carbons (Fsp3) is 0.211. The Kier molecular flexibility index (Phi) is 3.91. The van der Waals surface area contributed by atoms with Crippen LogP contribution in [-0.2, 0) is 7.05 Å². The highest BCUT2D eigenvalue weighted by Gasteiger charge is 2.22. The number of hydrogen-bond acceptors (Lipinski definition) is 4. The van der Waals surface area contributed by atoms with Gasteiger partial charge in [-0.15, -0.1) is 0 Å². The summed E-state index contributed by atoms with van der Waals surface area (Å²) in [5.74, 6) is -2.86. The lowest BCUT2D eigenvalue weighted by Gasteiger charge is -2.11.